The van der Waals surface area contributed by atoms with Gasteiger partial charge in [-0.15, -0.1) is 0 Å². The van der Waals surface area contributed by atoms with Gasteiger partial charge in [0.1, 0.15) is 11.5 Å². The topological polar surface area (TPSA) is 19.6 Å². The van der Waals surface area contributed by atoms with E-state index in [4.69, 9.17) is 4.42 Å². The highest BCUT2D eigenvalue weighted by molar-refractivity contribution is 5.57. The smallest absolute Gasteiger partial charge is 0.416 e. The standard InChI is InChI=1S/C24H25F3N2O/c1-2-13-28-14-15-29(20-10-6-9-19(16-20)24(25,26)27)17-21(28)23-12-11-22(30-23)18-7-4-3-5-8-18/h3-12,16,21H,2,13-15,17H2,1H3. The van der Waals surface area contributed by atoms with Crippen LogP contribution in [0, 0.1) is 0 Å². The SMILES string of the molecule is CCCN1CCN(c2cccc(C(F)(F)F)c2)CC1c1ccc(-c2ccccc2)o1. The van der Waals surface area contributed by atoms with E-state index in [1.54, 1.807) is 6.07 Å². The van der Waals surface area contributed by atoms with Crippen LogP contribution in [0.1, 0.15) is 30.7 Å². The first-order chi connectivity index (χ1) is 14.5. The van der Waals surface area contributed by atoms with Crippen LogP contribution >= 0.6 is 0 Å². The van der Waals surface area contributed by atoms with E-state index in [9.17, 15) is 13.2 Å². The second kappa shape index (κ2) is 8.56. The lowest BCUT2D eigenvalue weighted by molar-refractivity contribution is -0.137. The number of hydrogen-bond donors (Lipinski definition) is 0. The maximum Gasteiger partial charge on any atom is 0.416 e. The van der Waals surface area contributed by atoms with Gasteiger partial charge >= 0.3 is 6.18 Å². The van der Waals surface area contributed by atoms with Gasteiger partial charge in [0.05, 0.1) is 11.6 Å². The summed E-state index contributed by atoms with van der Waals surface area (Å²) in [6.07, 6.45) is -3.34. The highest BCUT2D eigenvalue weighted by Gasteiger charge is 2.33. The van der Waals surface area contributed by atoms with Crippen LogP contribution in [0.15, 0.2) is 71.1 Å². The molecule has 1 aliphatic heterocycles. The van der Waals surface area contributed by atoms with Gasteiger partial charge in [0.25, 0.3) is 0 Å². The molecule has 3 aromatic rings. The average Bonchev–Trinajstić information content (AvgIpc) is 3.24. The summed E-state index contributed by atoms with van der Waals surface area (Å²) in [4.78, 5) is 4.38. The summed E-state index contributed by atoms with van der Waals surface area (Å²) < 4.78 is 45.7. The van der Waals surface area contributed by atoms with Crippen molar-refractivity contribution in [1.29, 1.82) is 0 Å². The van der Waals surface area contributed by atoms with Crippen LogP contribution in [-0.2, 0) is 6.18 Å². The lowest BCUT2D eigenvalue weighted by atomic mass is 10.1. The number of anilines is 1. The molecule has 0 spiro atoms. The maximum absolute atomic E-state index is 13.2. The molecule has 0 amide bonds. The number of nitrogens with zero attached hydrogens (tertiary/aromatic N) is 2. The van der Waals surface area contributed by atoms with Crippen LogP contribution in [-0.4, -0.2) is 31.1 Å². The summed E-state index contributed by atoms with van der Waals surface area (Å²) in [5, 5.41) is 0. The fourth-order valence-electron chi connectivity index (χ4n) is 4.05. The summed E-state index contributed by atoms with van der Waals surface area (Å²) in [7, 11) is 0. The third-order valence-electron chi connectivity index (χ3n) is 5.55. The van der Waals surface area contributed by atoms with Crippen molar-refractivity contribution < 1.29 is 17.6 Å². The molecule has 6 heteroatoms. The van der Waals surface area contributed by atoms with Crippen molar-refractivity contribution in [2.45, 2.75) is 25.6 Å². The number of piperazine rings is 1. The normalized spacial score (nSPS) is 18.0. The van der Waals surface area contributed by atoms with Crippen molar-refractivity contribution in [3.8, 4) is 11.3 Å². The minimum Gasteiger partial charge on any atom is -0.459 e. The van der Waals surface area contributed by atoms with Crippen LogP contribution in [0.5, 0.6) is 0 Å². The van der Waals surface area contributed by atoms with Gasteiger partial charge in [-0.25, -0.2) is 0 Å². The molecule has 1 fully saturated rings. The van der Waals surface area contributed by atoms with E-state index in [-0.39, 0.29) is 6.04 Å². The molecule has 1 unspecified atom stereocenters. The number of furan rings is 1. The predicted octanol–water partition coefficient (Wildman–Crippen LogP) is 6.24. The quantitative estimate of drug-likeness (QED) is 0.493. The Morgan fingerprint density at radius 2 is 1.77 bits per heavy atom. The Labute approximate surface area is 174 Å². The highest BCUT2D eigenvalue weighted by Crippen LogP contribution is 2.35. The van der Waals surface area contributed by atoms with Gasteiger partial charge in [-0.1, -0.05) is 43.3 Å². The van der Waals surface area contributed by atoms with Crippen molar-refractivity contribution in [2.75, 3.05) is 31.1 Å². The number of alkyl halides is 3. The van der Waals surface area contributed by atoms with Gasteiger partial charge in [0.15, 0.2) is 0 Å². The Morgan fingerprint density at radius 3 is 2.50 bits per heavy atom. The van der Waals surface area contributed by atoms with E-state index in [0.29, 0.717) is 18.8 Å². The van der Waals surface area contributed by atoms with Crippen LogP contribution < -0.4 is 4.90 Å². The number of rotatable bonds is 5. The van der Waals surface area contributed by atoms with Crippen LogP contribution in [0.2, 0.25) is 0 Å². The molecule has 1 atom stereocenters. The Kier molecular flexibility index (Phi) is 5.86. The summed E-state index contributed by atoms with van der Waals surface area (Å²) in [6.45, 7) is 5.10. The molecule has 0 saturated carbocycles. The van der Waals surface area contributed by atoms with Crippen LogP contribution in [0.25, 0.3) is 11.3 Å². The van der Waals surface area contributed by atoms with Crippen molar-refractivity contribution >= 4 is 5.69 Å². The third kappa shape index (κ3) is 4.38. The lowest BCUT2D eigenvalue weighted by Gasteiger charge is -2.41. The molecule has 3 nitrogen and oxygen atoms in total. The molecule has 0 aliphatic carbocycles. The lowest BCUT2D eigenvalue weighted by Crippen LogP contribution is -2.48. The van der Waals surface area contributed by atoms with E-state index in [1.807, 2.05) is 47.4 Å². The van der Waals surface area contributed by atoms with E-state index >= 15 is 0 Å². The Morgan fingerprint density at radius 1 is 0.967 bits per heavy atom. The monoisotopic (exact) mass is 414 g/mol. The molecule has 1 aromatic heterocycles. The molecular weight excluding hydrogens is 389 g/mol. The van der Waals surface area contributed by atoms with Crippen molar-refractivity contribution in [1.82, 2.24) is 4.90 Å². The summed E-state index contributed by atoms with van der Waals surface area (Å²) in [6, 6.07) is 19.4. The fourth-order valence-corrected chi connectivity index (χ4v) is 4.05. The molecule has 0 radical (unpaired) electrons. The maximum atomic E-state index is 13.2. The minimum absolute atomic E-state index is 0.00861. The summed E-state index contributed by atoms with van der Waals surface area (Å²) in [5.41, 5.74) is 0.994. The molecular formula is C24H25F3N2O. The molecule has 1 aliphatic rings. The van der Waals surface area contributed by atoms with E-state index in [1.165, 1.54) is 12.1 Å². The van der Waals surface area contributed by atoms with Gasteiger partial charge in [-0.2, -0.15) is 13.2 Å². The van der Waals surface area contributed by atoms with Gasteiger partial charge in [-0.05, 0) is 43.3 Å². The molecule has 1 saturated heterocycles. The average molecular weight is 414 g/mol. The second-order valence-corrected chi connectivity index (χ2v) is 7.61. The molecule has 2 aromatic carbocycles. The summed E-state index contributed by atoms with van der Waals surface area (Å²) >= 11 is 0. The van der Waals surface area contributed by atoms with E-state index < -0.39 is 11.7 Å². The second-order valence-electron chi connectivity index (χ2n) is 7.61. The first kappa shape index (κ1) is 20.5. The number of hydrogen-bond acceptors (Lipinski definition) is 3. The number of halogens is 3. The molecule has 0 bridgehead atoms. The van der Waals surface area contributed by atoms with Crippen molar-refractivity contribution in [3.63, 3.8) is 0 Å². The van der Waals surface area contributed by atoms with Gasteiger partial charge in [0.2, 0.25) is 0 Å². The highest BCUT2D eigenvalue weighted by atomic mass is 19.4. The largest absolute Gasteiger partial charge is 0.459 e. The van der Waals surface area contributed by atoms with Crippen LogP contribution in [0.3, 0.4) is 0 Å². The van der Waals surface area contributed by atoms with Gasteiger partial charge in [-0.3, -0.25) is 4.90 Å². The van der Waals surface area contributed by atoms with Gasteiger partial charge in [0, 0.05) is 30.9 Å². The third-order valence-corrected chi connectivity index (χ3v) is 5.55. The number of benzene rings is 2. The van der Waals surface area contributed by atoms with Crippen molar-refractivity contribution in [3.05, 3.63) is 78.1 Å². The molecule has 2 heterocycles. The Balaban J connectivity index is 1.60. The molecule has 30 heavy (non-hydrogen) atoms. The molecule has 0 N–H and O–H groups in total. The van der Waals surface area contributed by atoms with Crippen LogP contribution in [0.4, 0.5) is 18.9 Å². The fraction of sp³-hybridized carbons (Fsp3) is 0.333. The van der Waals surface area contributed by atoms with E-state index in [2.05, 4.69) is 11.8 Å². The first-order valence-corrected chi connectivity index (χ1v) is 10.3. The van der Waals surface area contributed by atoms with E-state index in [0.717, 1.165) is 42.7 Å². The first-order valence-electron chi connectivity index (χ1n) is 10.3. The predicted molar refractivity (Wildman–Crippen MR) is 112 cm³/mol. The summed E-state index contributed by atoms with van der Waals surface area (Å²) in [5.74, 6) is 1.65. The Hall–Kier alpha value is -2.73. The zero-order valence-electron chi connectivity index (χ0n) is 16.9. The van der Waals surface area contributed by atoms with Crippen molar-refractivity contribution in [2.24, 2.45) is 0 Å². The molecule has 158 valence electrons. The van der Waals surface area contributed by atoms with Gasteiger partial charge < -0.3 is 9.32 Å². The zero-order chi connectivity index (χ0) is 21.1. The minimum atomic E-state index is -4.34. The zero-order valence-corrected chi connectivity index (χ0v) is 16.9. The Bertz CT molecular complexity index is 968. The molecule has 4 rings (SSSR count).